The Morgan fingerprint density at radius 1 is 1.21 bits per heavy atom. The Bertz CT molecular complexity index is 815. The van der Waals surface area contributed by atoms with E-state index in [0.717, 1.165) is 68.3 Å². The summed E-state index contributed by atoms with van der Waals surface area (Å²) in [5.74, 6) is 1.52. The molecular formula is C21H29N5OS. The fraction of sp³-hybridized carbons (Fsp3) is 0.571. The van der Waals surface area contributed by atoms with E-state index in [1.54, 1.807) is 11.3 Å². The molecule has 1 amide bonds. The highest BCUT2D eigenvalue weighted by Gasteiger charge is 2.33. The van der Waals surface area contributed by atoms with Crippen LogP contribution in [0.15, 0.2) is 24.4 Å². The van der Waals surface area contributed by atoms with E-state index in [0.29, 0.717) is 5.92 Å². The van der Waals surface area contributed by atoms with Gasteiger partial charge < -0.3 is 16.0 Å². The number of piperidine rings is 1. The van der Waals surface area contributed by atoms with Gasteiger partial charge in [-0.05, 0) is 44.7 Å². The molecule has 1 aliphatic heterocycles. The zero-order chi connectivity index (χ0) is 19.5. The summed E-state index contributed by atoms with van der Waals surface area (Å²) in [6, 6.07) is 6.16. The highest BCUT2D eigenvalue weighted by Crippen LogP contribution is 2.31. The standard InChI is InChI=1S/C21H29N5OS/c1-14-13-23-21(28-14)25-19-8-4-7-18(24-19)15-9-11-26(12-10-15)20(27)16-5-2-3-6-17(16)22/h4,7-8,13,15-17H,2-3,5-6,9-12,22H2,1H3,(H,23,24,25)/t16-,17-/m0/s1. The van der Waals surface area contributed by atoms with Gasteiger partial charge in [0.05, 0.1) is 5.92 Å². The van der Waals surface area contributed by atoms with Crippen molar-refractivity contribution < 1.29 is 4.79 Å². The van der Waals surface area contributed by atoms with Crippen molar-refractivity contribution >= 4 is 28.2 Å². The second-order valence-electron chi connectivity index (χ2n) is 8.00. The lowest BCUT2D eigenvalue weighted by molar-refractivity contribution is -0.138. The molecule has 150 valence electrons. The number of rotatable bonds is 4. The van der Waals surface area contributed by atoms with E-state index < -0.39 is 0 Å². The SMILES string of the molecule is Cc1cnc(Nc2cccc(C3CCN(C(=O)[C@H]4CCCC[C@@H]4N)CC3)n2)s1. The van der Waals surface area contributed by atoms with Crippen LogP contribution in [-0.2, 0) is 4.79 Å². The van der Waals surface area contributed by atoms with Gasteiger partial charge in [-0.15, -0.1) is 11.3 Å². The fourth-order valence-corrected chi connectivity index (χ4v) is 5.04. The first-order valence-corrected chi connectivity index (χ1v) is 11.1. The molecule has 2 fully saturated rings. The third-order valence-corrected chi connectivity index (χ3v) is 6.82. The van der Waals surface area contributed by atoms with Crippen LogP contribution in [0.1, 0.15) is 55.0 Å². The molecule has 1 saturated carbocycles. The maximum atomic E-state index is 12.9. The maximum Gasteiger partial charge on any atom is 0.227 e. The number of hydrogen-bond acceptors (Lipinski definition) is 6. The lowest BCUT2D eigenvalue weighted by Crippen LogP contribution is -2.48. The Labute approximate surface area is 170 Å². The van der Waals surface area contributed by atoms with Gasteiger partial charge in [0.1, 0.15) is 5.82 Å². The predicted octanol–water partition coefficient (Wildman–Crippen LogP) is 3.81. The van der Waals surface area contributed by atoms with E-state index in [-0.39, 0.29) is 17.9 Å². The number of nitrogens with one attached hydrogen (secondary N) is 1. The van der Waals surface area contributed by atoms with Crippen LogP contribution < -0.4 is 11.1 Å². The minimum absolute atomic E-state index is 0.0257. The molecule has 2 aliphatic rings. The molecule has 0 bridgehead atoms. The van der Waals surface area contributed by atoms with Gasteiger partial charge in [-0.1, -0.05) is 18.9 Å². The van der Waals surface area contributed by atoms with Crippen molar-refractivity contribution in [2.75, 3.05) is 18.4 Å². The average Bonchev–Trinajstić information content (AvgIpc) is 3.13. The van der Waals surface area contributed by atoms with Gasteiger partial charge in [-0.3, -0.25) is 4.79 Å². The number of nitrogens with zero attached hydrogens (tertiary/aromatic N) is 3. The van der Waals surface area contributed by atoms with Gasteiger partial charge in [0, 0.05) is 41.8 Å². The van der Waals surface area contributed by atoms with Crippen LogP contribution in [-0.4, -0.2) is 39.9 Å². The van der Waals surface area contributed by atoms with E-state index >= 15 is 0 Å². The van der Waals surface area contributed by atoms with Crippen molar-refractivity contribution in [3.05, 3.63) is 35.0 Å². The number of nitrogens with two attached hydrogens (primary N) is 1. The molecule has 6 nitrogen and oxygen atoms in total. The van der Waals surface area contributed by atoms with Gasteiger partial charge in [-0.2, -0.15) is 0 Å². The van der Waals surface area contributed by atoms with Gasteiger partial charge in [-0.25, -0.2) is 9.97 Å². The van der Waals surface area contributed by atoms with E-state index in [1.165, 1.54) is 4.88 Å². The third-order valence-electron chi connectivity index (χ3n) is 5.99. The predicted molar refractivity (Wildman–Crippen MR) is 113 cm³/mol. The molecule has 2 atom stereocenters. The van der Waals surface area contributed by atoms with Crippen molar-refractivity contribution in [1.29, 1.82) is 0 Å². The topological polar surface area (TPSA) is 84.1 Å². The Balaban J connectivity index is 1.36. The summed E-state index contributed by atoms with van der Waals surface area (Å²) in [6.07, 6.45) is 8.00. The second kappa shape index (κ2) is 8.57. The Kier molecular flexibility index (Phi) is 5.92. The van der Waals surface area contributed by atoms with Crippen molar-refractivity contribution in [1.82, 2.24) is 14.9 Å². The molecule has 3 heterocycles. The molecule has 1 aliphatic carbocycles. The molecule has 3 N–H and O–H groups in total. The number of carbonyl (C=O) groups excluding carboxylic acids is 1. The van der Waals surface area contributed by atoms with Crippen molar-refractivity contribution in [2.24, 2.45) is 11.7 Å². The number of aryl methyl sites for hydroxylation is 1. The molecular weight excluding hydrogens is 370 g/mol. The zero-order valence-electron chi connectivity index (χ0n) is 16.4. The largest absolute Gasteiger partial charge is 0.342 e. The second-order valence-corrected chi connectivity index (χ2v) is 9.24. The van der Waals surface area contributed by atoms with Crippen molar-refractivity contribution in [3.63, 3.8) is 0 Å². The Morgan fingerprint density at radius 3 is 2.71 bits per heavy atom. The van der Waals surface area contributed by atoms with Crippen LogP contribution in [0.3, 0.4) is 0 Å². The lowest BCUT2D eigenvalue weighted by atomic mass is 9.83. The van der Waals surface area contributed by atoms with Crippen molar-refractivity contribution in [3.8, 4) is 0 Å². The third kappa shape index (κ3) is 4.36. The average molecular weight is 400 g/mol. The minimum Gasteiger partial charge on any atom is -0.342 e. The first-order valence-electron chi connectivity index (χ1n) is 10.3. The van der Waals surface area contributed by atoms with Crippen molar-refractivity contribution in [2.45, 2.75) is 57.4 Å². The summed E-state index contributed by atoms with van der Waals surface area (Å²) >= 11 is 1.62. The number of anilines is 2. The monoisotopic (exact) mass is 399 g/mol. The molecule has 0 unspecified atom stereocenters. The molecule has 0 aromatic carbocycles. The highest BCUT2D eigenvalue weighted by atomic mass is 32.1. The van der Waals surface area contributed by atoms with Crippen LogP contribution >= 0.6 is 11.3 Å². The van der Waals surface area contributed by atoms with Crippen LogP contribution in [0.5, 0.6) is 0 Å². The van der Waals surface area contributed by atoms with Crippen LogP contribution in [0.25, 0.3) is 0 Å². The van der Waals surface area contributed by atoms with Crippen LogP contribution in [0, 0.1) is 12.8 Å². The molecule has 28 heavy (non-hydrogen) atoms. The number of aromatic nitrogens is 2. The van der Waals surface area contributed by atoms with Crippen LogP contribution in [0.4, 0.5) is 10.9 Å². The summed E-state index contributed by atoms with van der Waals surface area (Å²) in [7, 11) is 0. The number of carbonyl (C=O) groups is 1. The summed E-state index contributed by atoms with van der Waals surface area (Å²) < 4.78 is 0. The summed E-state index contributed by atoms with van der Waals surface area (Å²) in [5.41, 5.74) is 7.31. The number of thiazole rings is 1. The Hall–Kier alpha value is -1.99. The number of pyridine rings is 1. The maximum absolute atomic E-state index is 12.9. The van der Waals surface area contributed by atoms with Gasteiger partial charge in [0.2, 0.25) is 5.91 Å². The minimum atomic E-state index is 0.0257. The number of hydrogen-bond donors (Lipinski definition) is 2. The number of likely N-dealkylation sites (tertiary alicyclic amines) is 1. The highest BCUT2D eigenvalue weighted by molar-refractivity contribution is 7.15. The molecule has 4 rings (SSSR count). The molecule has 2 aromatic rings. The first-order chi connectivity index (χ1) is 13.6. The molecule has 0 spiro atoms. The van der Waals surface area contributed by atoms with E-state index in [1.807, 2.05) is 30.2 Å². The summed E-state index contributed by atoms with van der Waals surface area (Å²) in [6.45, 7) is 3.65. The molecule has 1 saturated heterocycles. The Morgan fingerprint density at radius 2 is 2.00 bits per heavy atom. The van der Waals surface area contributed by atoms with Crippen LogP contribution in [0.2, 0.25) is 0 Å². The lowest BCUT2D eigenvalue weighted by Gasteiger charge is -2.37. The normalized spacial score (nSPS) is 23.6. The van der Waals surface area contributed by atoms with E-state index in [9.17, 15) is 4.79 Å². The number of amides is 1. The summed E-state index contributed by atoms with van der Waals surface area (Å²) in [4.78, 5) is 25.2. The molecule has 0 radical (unpaired) electrons. The molecule has 2 aromatic heterocycles. The smallest absolute Gasteiger partial charge is 0.227 e. The molecule has 7 heteroatoms. The quantitative estimate of drug-likeness (QED) is 0.817. The van der Waals surface area contributed by atoms with E-state index in [4.69, 9.17) is 10.7 Å². The fourth-order valence-electron chi connectivity index (χ4n) is 4.37. The zero-order valence-corrected chi connectivity index (χ0v) is 17.3. The first kappa shape index (κ1) is 19.3. The van der Waals surface area contributed by atoms with E-state index in [2.05, 4.69) is 16.4 Å². The van der Waals surface area contributed by atoms with Gasteiger partial charge in [0.25, 0.3) is 0 Å². The van der Waals surface area contributed by atoms with Gasteiger partial charge >= 0.3 is 0 Å². The summed E-state index contributed by atoms with van der Waals surface area (Å²) in [5, 5.41) is 4.16. The van der Waals surface area contributed by atoms with Gasteiger partial charge in [0.15, 0.2) is 5.13 Å².